The van der Waals surface area contributed by atoms with Gasteiger partial charge in [-0.2, -0.15) is 4.99 Å². The summed E-state index contributed by atoms with van der Waals surface area (Å²) in [7, 11) is 0. The first kappa shape index (κ1) is 10.9. The van der Waals surface area contributed by atoms with Gasteiger partial charge in [0.1, 0.15) is 6.61 Å². The number of aliphatic imine (C=N–C) groups is 1. The van der Waals surface area contributed by atoms with Gasteiger partial charge in [-0.15, -0.1) is 0 Å². The van der Waals surface area contributed by atoms with Crippen LogP contribution >= 0.6 is 0 Å². The Hall–Kier alpha value is -2.19. The van der Waals surface area contributed by atoms with Crippen LogP contribution in [0.4, 0.5) is 5.69 Å². The number of hydrogen-bond donors (Lipinski definition) is 0. The Bertz CT molecular complexity index is 420. The van der Waals surface area contributed by atoms with Crippen LogP contribution in [0.15, 0.2) is 41.9 Å². The van der Waals surface area contributed by atoms with Crippen LogP contribution in [0.2, 0.25) is 0 Å². The molecule has 0 saturated heterocycles. The van der Waals surface area contributed by atoms with Crippen molar-refractivity contribution < 1.29 is 14.3 Å². The summed E-state index contributed by atoms with van der Waals surface area (Å²) < 4.78 is 4.81. The molecule has 0 aliphatic carbocycles. The van der Waals surface area contributed by atoms with E-state index in [1.54, 1.807) is 18.2 Å². The molecule has 0 radical (unpaired) electrons. The highest BCUT2D eigenvalue weighted by Crippen LogP contribution is 2.13. The zero-order valence-corrected chi connectivity index (χ0v) is 7.97. The second kappa shape index (κ2) is 5.52. The van der Waals surface area contributed by atoms with Gasteiger partial charge in [0.15, 0.2) is 0 Å². The lowest BCUT2D eigenvalue weighted by molar-refractivity contribution is 0.0550. The van der Waals surface area contributed by atoms with Crippen molar-refractivity contribution in [2.75, 3.05) is 6.61 Å². The number of hydrogen-bond acceptors (Lipinski definition) is 4. The summed E-state index contributed by atoms with van der Waals surface area (Å²) in [6.07, 6.45) is 2.88. The van der Waals surface area contributed by atoms with Gasteiger partial charge < -0.3 is 4.74 Å². The van der Waals surface area contributed by atoms with Gasteiger partial charge in [0.2, 0.25) is 6.08 Å². The molecule has 15 heavy (non-hydrogen) atoms. The molecule has 0 aliphatic heterocycles. The number of esters is 1. The third kappa shape index (κ3) is 3.21. The number of isocyanates is 1. The molecule has 0 aliphatic rings. The van der Waals surface area contributed by atoms with Crippen LogP contribution in [0.3, 0.4) is 0 Å². The van der Waals surface area contributed by atoms with E-state index >= 15 is 0 Å². The highest BCUT2D eigenvalue weighted by atomic mass is 16.5. The van der Waals surface area contributed by atoms with Crippen LogP contribution in [-0.2, 0) is 9.53 Å². The minimum absolute atomic E-state index is 0.153. The fourth-order valence-electron chi connectivity index (χ4n) is 0.973. The molecule has 0 heterocycles. The number of carbonyl (C=O) groups excluding carboxylic acids is 2. The number of rotatable bonds is 4. The van der Waals surface area contributed by atoms with Crippen LogP contribution < -0.4 is 0 Å². The maximum atomic E-state index is 11.3. The number of carbonyl (C=O) groups is 1. The summed E-state index contributed by atoms with van der Waals surface area (Å²) in [5, 5.41) is 0. The van der Waals surface area contributed by atoms with E-state index in [4.69, 9.17) is 4.74 Å². The molecule has 0 unspecified atom stereocenters. The number of ether oxygens (including phenoxy) is 1. The first-order valence-electron chi connectivity index (χ1n) is 4.24. The molecule has 1 rings (SSSR count). The molecule has 1 aromatic carbocycles. The molecule has 4 nitrogen and oxygen atoms in total. The first-order valence-corrected chi connectivity index (χ1v) is 4.24. The van der Waals surface area contributed by atoms with E-state index in [-0.39, 0.29) is 6.61 Å². The number of benzene rings is 1. The van der Waals surface area contributed by atoms with Gasteiger partial charge in [-0.1, -0.05) is 18.7 Å². The lowest BCUT2D eigenvalue weighted by Gasteiger charge is -2.01. The van der Waals surface area contributed by atoms with E-state index in [0.717, 1.165) is 0 Å². The van der Waals surface area contributed by atoms with E-state index in [9.17, 15) is 9.59 Å². The van der Waals surface area contributed by atoms with Gasteiger partial charge in [-0.25, -0.2) is 9.59 Å². The van der Waals surface area contributed by atoms with Crippen molar-refractivity contribution in [3.63, 3.8) is 0 Å². The summed E-state index contributed by atoms with van der Waals surface area (Å²) in [5.74, 6) is -0.474. The summed E-state index contributed by atoms with van der Waals surface area (Å²) in [6, 6.07) is 6.24. The fraction of sp³-hybridized carbons (Fsp3) is 0.0909. The minimum Gasteiger partial charge on any atom is -0.458 e. The topological polar surface area (TPSA) is 55.7 Å². The summed E-state index contributed by atoms with van der Waals surface area (Å²) >= 11 is 0. The predicted molar refractivity (Wildman–Crippen MR) is 54.7 cm³/mol. The SMILES string of the molecule is C=CCOC(=O)c1cccc(N=C=O)c1. The van der Waals surface area contributed by atoms with Crippen molar-refractivity contribution in [2.45, 2.75) is 0 Å². The minimum atomic E-state index is -0.474. The van der Waals surface area contributed by atoms with Gasteiger partial charge in [-0.3, -0.25) is 0 Å². The third-order valence-corrected chi connectivity index (χ3v) is 1.59. The molecule has 0 atom stereocenters. The van der Waals surface area contributed by atoms with E-state index in [1.165, 1.54) is 18.2 Å². The van der Waals surface area contributed by atoms with Crippen LogP contribution in [0.1, 0.15) is 10.4 Å². The maximum Gasteiger partial charge on any atom is 0.338 e. The maximum absolute atomic E-state index is 11.3. The van der Waals surface area contributed by atoms with Crippen molar-refractivity contribution in [1.82, 2.24) is 0 Å². The zero-order valence-electron chi connectivity index (χ0n) is 7.97. The fourth-order valence-corrected chi connectivity index (χ4v) is 0.973. The molecule has 0 fully saturated rings. The Balaban J connectivity index is 2.84. The van der Waals surface area contributed by atoms with Crippen LogP contribution in [-0.4, -0.2) is 18.7 Å². The Morgan fingerprint density at radius 3 is 3.07 bits per heavy atom. The molecule has 0 N–H and O–H groups in total. The highest BCUT2D eigenvalue weighted by molar-refractivity contribution is 5.90. The van der Waals surface area contributed by atoms with E-state index in [2.05, 4.69) is 11.6 Å². The van der Waals surface area contributed by atoms with Crippen LogP contribution in [0, 0.1) is 0 Å². The van der Waals surface area contributed by atoms with Crippen LogP contribution in [0.25, 0.3) is 0 Å². The molecular weight excluding hydrogens is 194 g/mol. The van der Waals surface area contributed by atoms with Crippen LogP contribution in [0.5, 0.6) is 0 Å². The van der Waals surface area contributed by atoms with Gasteiger partial charge >= 0.3 is 5.97 Å². The predicted octanol–water partition coefficient (Wildman–Crippen LogP) is 2.00. The molecule has 0 amide bonds. The van der Waals surface area contributed by atoms with E-state index in [1.807, 2.05) is 0 Å². The van der Waals surface area contributed by atoms with Gasteiger partial charge in [0.05, 0.1) is 11.3 Å². The smallest absolute Gasteiger partial charge is 0.338 e. The highest BCUT2D eigenvalue weighted by Gasteiger charge is 2.06. The van der Waals surface area contributed by atoms with E-state index in [0.29, 0.717) is 11.3 Å². The van der Waals surface area contributed by atoms with Crippen molar-refractivity contribution in [2.24, 2.45) is 4.99 Å². The Kier molecular flexibility index (Phi) is 4.01. The number of nitrogens with zero attached hydrogens (tertiary/aromatic N) is 1. The Labute approximate surface area is 86.9 Å². The first-order chi connectivity index (χ1) is 7.27. The standard InChI is InChI=1S/C11H9NO3/c1-2-6-15-11(14)9-4-3-5-10(7-9)12-8-13/h2-5,7H,1,6H2. The quantitative estimate of drug-likeness (QED) is 0.325. The monoisotopic (exact) mass is 203 g/mol. The molecule has 0 bridgehead atoms. The third-order valence-electron chi connectivity index (χ3n) is 1.59. The lowest BCUT2D eigenvalue weighted by atomic mass is 10.2. The molecular formula is C11H9NO3. The molecule has 76 valence electrons. The summed E-state index contributed by atoms with van der Waals surface area (Å²) in [6.45, 7) is 3.58. The molecule has 0 spiro atoms. The summed E-state index contributed by atoms with van der Waals surface area (Å²) in [4.78, 5) is 24.8. The average molecular weight is 203 g/mol. The molecule has 0 saturated carbocycles. The van der Waals surface area contributed by atoms with Gasteiger partial charge in [0.25, 0.3) is 0 Å². The Morgan fingerprint density at radius 1 is 1.60 bits per heavy atom. The molecule has 1 aromatic rings. The largest absolute Gasteiger partial charge is 0.458 e. The summed E-state index contributed by atoms with van der Waals surface area (Å²) in [5.41, 5.74) is 0.714. The Morgan fingerprint density at radius 2 is 2.40 bits per heavy atom. The second-order valence-corrected chi connectivity index (χ2v) is 2.64. The zero-order chi connectivity index (χ0) is 11.1. The average Bonchev–Trinajstić information content (AvgIpc) is 2.27. The second-order valence-electron chi connectivity index (χ2n) is 2.64. The molecule has 4 heteroatoms. The van der Waals surface area contributed by atoms with Crippen molar-refractivity contribution in [1.29, 1.82) is 0 Å². The van der Waals surface area contributed by atoms with Crippen molar-refractivity contribution >= 4 is 17.7 Å². The normalized spacial score (nSPS) is 8.80. The van der Waals surface area contributed by atoms with Gasteiger partial charge in [0, 0.05) is 0 Å². The van der Waals surface area contributed by atoms with E-state index < -0.39 is 5.97 Å². The lowest BCUT2D eigenvalue weighted by Crippen LogP contribution is -2.04. The van der Waals surface area contributed by atoms with Crippen molar-refractivity contribution in [3.05, 3.63) is 42.5 Å². The molecule has 0 aromatic heterocycles. The van der Waals surface area contributed by atoms with Crippen molar-refractivity contribution in [3.8, 4) is 0 Å². The van der Waals surface area contributed by atoms with Gasteiger partial charge in [-0.05, 0) is 18.2 Å².